The van der Waals surface area contributed by atoms with Crippen LogP contribution in [0.1, 0.15) is 11.1 Å². The van der Waals surface area contributed by atoms with Crippen LogP contribution in [0.3, 0.4) is 0 Å². The molecule has 0 unspecified atom stereocenters. The molecule has 3 N–H and O–H groups in total. The maximum absolute atomic E-state index is 9.93. The Morgan fingerprint density at radius 2 is 1.79 bits per heavy atom. The molecule has 0 amide bonds. The Bertz CT molecular complexity index is 899. The summed E-state index contributed by atoms with van der Waals surface area (Å²) in [5.74, 6) is 0.240. The summed E-state index contributed by atoms with van der Waals surface area (Å²) in [6.07, 6.45) is 1.56. The minimum absolute atomic E-state index is 0.0543. The van der Waals surface area contributed by atoms with Crippen LogP contribution in [0.4, 0.5) is 23.0 Å². The van der Waals surface area contributed by atoms with E-state index in [0.717, 1.165) is 11.3 Å². The first-order valence-electron chi connectivity index (χ1n) is 7.05. The molecule has 0 saturated carbocycles. The van der Waals surface area contributed by atoms with Gasteiger partial charge in [-0.15, -0.1) is 10.2 Å². The fourth-order valence-electron chi connectivity index (χ4n) is 1.85. The highest BCUT2D eigenvalue weighted by Crippen LogP contribution is 2.25. The summed E-state index contributed by atoms with van der Waals surface area (Å²) in [4.78, 5) is 4.33. The second-order valence-electron chi connectivity index (χ2n) is 5.01. The van der Waals surface area contributed by atoms with E-state index in [2.05, 4.69) is 30.2 Å². The van der Waals surface area contributed by atoms with Crippen LogP contribution < -0.4 is 5.73 Å². The van der Waals surface area contributed by atoms with Gasteiger partial charge in [0.1, 0.15) is 5.75 Å². The number of aryl methyl sites for hydroxylation is 1. The molecular formula is C16H14N6O2. The van der Waals surface area contributed by atoms with E-state index in [9.17, 15) is 5.11 Å². The fourth-order valence-corrected chi connectivity index (χ4v) is 1.85. The van der Waals surface area contributed by atoms with Crippen molar-refractivity contribution in [1.82, 2.24) is 10.3 Å². The normalized spacial score (nSPS) is 11.5. The summed E-state index contributed by atoms with van der Waals surface area (Å²) in [6, 6.07) is 12.5. The van der Waals surface area contributed by atoms with Crippen molar-refractivity contribution in [2.24, 2.45) is 15.2 Å². The Balaban J connectivity index is 1.82. The van der Waals surface area contributed by atoms with E-state index in [4.69, 9.17) is 5.73 Å². The summed E-state index contributed by atoms with van der Waals surface area (Å²) in [5.41, 5.74) is 8.45. The van der Waals surface area contributed by atoms with Crippen molar-refractivity contribution in [3.63, 3.8) is 0 Å². The lowest BCUT2D eigenvalue weighted by Gasteiger charge is -2.00. The van der Waals surface area contributed by atoms with Crippen molar-refractivity contribution in [1.29, 1.82) is 0 Å². The van der Waals surface area contributed by atoms with Gasteiger partial charge in [0.15, 0.2) is 0 Å². The Morgan fingerprint density at radius 3 is 2.50 bits per heavy atom. The summed E-state index contributed by atoms with van der Waals surface area (Å²) >= 11 is 0. The van der Waals surface area contributed by atoms with Crippen LogP contribution in [0.2, 0.25) is 0 Å². The van der Waals surface area contributed by atoms with Gasteiger partial charge in [-0.2, -0.15) is 0 Å². The van der Waals surface area contributed by atoms with Gasteiger partial charge in [-0.05, 0) is 47.6 Å². The van der Waals surface area contributed by atoms with Crippen molar-refractivity contribution < 1.29 is 9.74 Å². The number of hydrogen-bond acceptors (Lipinski definition) is 8. The van der Waals surface area contributed by atoms with Crippen LogP contribution in [0.15, 0.2) is 62.3 Å². The zero-order chi connectivity index (χ0) is 16.9. The number of azo groups is 1. The molecule has 0 saturated heterocycles. The number of aromatic hydroxyl groups is 1. The van der Waals surface area contributed by atoms with Crippen LogP contribution in [0, 0.1) is 6.92 Å². The summed E-state index contributed by atoms with van der Waals surface area (Å²) in [7, 11) is 0. The number of aromatic nitrogens is 2. The maximum Gasteiger partial charge on any atom is 0.261 e. The molecule has 0 bridgehead atoms. The van der Waals surface area contributed by atoms with Crippen molar-refractivity contribution in [3.8, 4) is 5.75 Å². The van der Waals surface area contributed by atoms with E-state index in [0.29, 0.717) is 11.3 Å². The summed E-state index contributed by atoms with van der Waals surface area (Å²) in [5, 5.41) is 24.7. The predicted octanol–water partition coefficient (Wildman–Crippen LogP) is 3.83. The molecule has 3 aromatic rings. The smallest absolute Gasteiger partial charge is 0.261 e. The number of hydrogen-bond donors (Lipinski definition) is 2. The van der Waals surface area contributed by atoms with Gasteiger partial charge < -0.3 is 10.8 Å². The van der Waals surface area contributed by atoms with Gasteiger partial charge in [0.2, 0.25) is 5.82 Å². The predicted molar refractivity (Wildman–Crippen MR) is 89.4 cm³/mol. The third-order valence-corrected chi connectivity index (χ3v) is 3.15. The second-order valence-corrected chi connectivity index (χ2v) is 5.01. The van der Waals surface area contributed by atoms with E-state index in [1.54, 1.807) is 18.3 Å². The zero-order valence-electron chi connectivity index (χ0n) is 12.8. The average Bonchev–Trinajstić information content (AvgIpc) is 2.99. The molecule has 1 heterocycles. The number of benzene rings is 2. The fraction of sp³-hybridized carbons (Fsp3) is 0.0625. The quantitative estimate of drug-likeness (QED) is 0.558. The zero-order valence-corrected chi connectivity index (χ0v) is 12.8. The van der Waals surface area contributed by atoms with Crippen LogP contribution in [-0.4, -0.2) is 21.6 Å². The first-order chi connectivity index (χ1) is 11.6. The summed E-state index contributed by atoms with van der Waals surface area (Å²) < 4.78 is 4.43. The van der Waals surface area contributed by atoms with Gasteiger partial charge in [-0.1, -0.05) is 17.7 Å². The van der Waals surface area contributed by atoms with Crippen LogP contribution >= 0.6 is 0 Å². The molecule has 1 aromatic heterocycles. The average molecular weight is 322 g/mol. The summed E-state index contributed by atoms with van der Waals surface area (Å²) in [6.45, 7) is 2.00. The van der Waals surface area contributed by atoms with Crippen molar-refractivity contribution >= 4 is 29.2 Å². The highest BCUT2D eigenvalue weighted by molar-refractivity contribution is 5.86. The van der Waals surface area contributed by atoms with Crippen LogP contribution in [0.25, 0.3) is 0 Å². The monoisotopic (exact) mass is 322 g/mol. The van der Waals surface area contributed by atoms with Gasteiger partial charge in [-0.3, -0.25) is 4.99 Å². The molecule has 24 heavy (non-hydrogen) atoms. The van der Waals surface area contributed by atoms with E-state index in [-0.39, 0.29) is 17.4 Å². The lowest BCUT2D eigenvalue weighted by Crippen LogP contribution is -1.83. The maximum atomic E-state index is 9.93. The molecule has 0 aliphatic rings. The Labute approximate surface area is 137 Å². The first-order valence-corrected chi connectivity index (χ1v) is 7.05. The number of rotatable bonds is 4. The van der Waals surface area contributed by atoms with Crippen molar-refractivity contribution in [2.45, 2.75) is 6.92 Å². The van der Waals surface area contributed by atoms with E-state index in [1.165, 1.54) is 6.07 Å². The molecule has 0 aliphatic carbocycles. The Hall–Kier alpha value is -3.55. The number of nitrogens with zero attached hydrogens (tertiary/aromatic N) is 5. The van der Waals surface area contributed by atoms with Crippen LogP contribution in [-0.2, 0) is 0 Å². The second kappa shape index (κ2) is 6.69. The molecule has 0 spiro atoms. The van der Waals surface area contributed by atoms with Crippen molar-refractivity contribution in [3.05, 3.63) is 53.6 Å². The minimum Gasteiger partial charge on any atom is -0.507 e. The lowest BCUT2D eigenvalue weighted by atomic mass is 10.2. The Morgan fingerprint density at radius 1 is 1.04 bits per heavy atom. The topological polar surface area (TPSA) is 122 Å². The Kier molecular flexibility index (Phi) is 4.28. The van der Waals surface area contributed by atoms with Gasteiger partial charge >= 0.3 is 0 Å². The molecule has 0 fully saturated rings. The molecule has 3 rings (SSSR count). The number of nitrogen functional groups attached to an aromatic ring is 1. The molecule has 0 atom stereocenters. The highest BCUT2D eigenvalue weighted by atomic mass is 16.6. The number of anilines is 1. The number of phenolic OH excluding ortho intramolecular Hbond substituents is 1. The third kappa shape index (κ3) is 3.61. The molecule has 0 radical (unpaired) electrons. The van der Waals surface area contributed by atoms with E-state index < -0.39 is 0 Å². The molecular weight excluding hydrogens is 308 g/mol. The first kappa shape index (κ1) is 15.3. The van der Waals surface area contributed by atoms with E-state index >= 15 is 0 Å². The lowest BCUT2D eigenvalue weighted by molar-refractivity contribution is 0.310. The number of aliphatic imine (C=N–C) groups is 1. The molecule has 0 aliphatic heterocycles. The van der Waals surface area contributed by atoms with Gasteiger partial charge in [0.25, 0.3) is 5.82 Å². The SMILES string of the molecule is Cc1ccc(N=Cc2cc(N=Nc3nonc3N)ccc2O)cc1. The van der Waals surface area contributed by atoms with Crippen molar-refractivity contribution in [2.75, 3.05) is 5.73 Å². The molecule has 2 aromatic carbocycles. The highest BCUT2D eigenvalue weighted by Gasteiger charge is 2.05. The minimum atomic E-state index is 0.0543. The standard InChI is InChI=1S/C16H14N6O2/c1-10-2-4-12(5-3-10)18-9-11-8-13(6-7-14(11)23)19-20-16-15(17)21-24-22-16/h2-9,23H,1H3,(H2,17,21). The van der Waals surface area contributed by atoms with Crippen LogP contribution in [0.5, 0.6) is 5.75 Å². The van der Waals surface area contributed by atoms with Gasteiger partial charge in [-0.25, -0.2) is 4.63 Å². The third-order valence-electron chi connectivity index (χ3n) is 3.15. The van der Waals surface area contributed by atoms with Gasteiger partial charge in [0.05, 0.1) is 11.4 Å². The number of nitrogens with two attached hydrogens (primary N) is 1. The molecule has 120 valence electrons. The molecule has 8 heteroatoms. The van der Waals surface area contributed by atoms with E-state index in [1.807, 2.05) is 31.2 Å². The van der Waals surface area contributed by atoms with Gasteiger partial charge in [0, 0.05) is 11.8 Å². The number of phenols is 1. The molecule has 8 nitrogen and oxygen atoms in total. The largest absolute Gasteiger partial charge is 0.507 e.